The third kappa shape index (κ3) is 0.579. The number of nitrogens with two attached hydrogens (primary N) is 1. The average molecular weight is 110 g/mol. The van der Waals surface area contributed by atoms with Crippen molar-refractivity contribution in [1.82, 2.24) is 4.98 Å². The third-order valence-electron chi connectivity index (χ3n) is 1.33. The van der Waals surface area contributed by atoms with E-state index in [1.807, 2.05) is 20.0 Å². The fourth-order valence-electron chi connectivity index (χ4n) is 0.668. The van der Waals surface area contributed by atoms with E-state index >= 15 is 0 Å². The molecule has 2 nitrogen and oxygen atoms in total. The normalized spacial score (nSPS) is 9.75. The zero-order valence-corrected chi connectivity index (χ0v) is 5.15. The zero-order chi connectivity index (χ0) is 6.15. The molecule has 0 fully saturated rings. The summed E-state index contributed by atoms with van der Waals surface area (Å²) < 4.78 is 0. The lowest BCUT2D eigenvalue weighted by atomic mass is 10.3. The van der Waals surface area contributed by atoms with Gasteiger partial charge in [0.15, 0.2) is 0 Å². The summed E-state index contributed by atoms with van der Waals surface area (Å²) in [5.74, 6) is 0. The topological polar surface area (TPSA) is 41.8 Å². The number of aromatic nitrogens is 1. The van der Waals surface area contributed by atoms with Crippen LogP contribution in [0.15, 0.2) is 6.20 Å². The minimum atomic E-state index is 0.880. The molecule has 1 aromatic rings. The molecule has 2 heteroatoms. The van der Waals surface area contributed by atoms with Crippen LogP contribution in [0.5, 0.6) is 0 Å². The van der Waals surface area contributed by atoms with Gasteiger partial charge in [-0.1, -0.05) is 0 Å². The molecule has 0 aliphatic carbocycles. The summed E-state index contributed by atoms with van der Waals surface area (Å²) >= 11 is 0. The predicted octanol–water partition coefficient (Wildman–Crippen LogP) is 1.21. The first-order valence-corrected chi connectivity index (χ1v) is 2.62. The second-order valence-corrected chi connectivity index (χ2v) is 2.01. The van der Waals surface area contributed by atoms with Gasteiger partial charge in [0.25, 0.3) is 0 Å². The summed E-state index contributed by atoms with van der Waals surface area (Å²) in [5, 5.41) is 0. The predicted molar refractivity (Wildman–Crippen MR) is 34.7 cm³/mol. The highest BCUT2D eigenvalue weighted by atomic mass is 14.7. The lowest BCUT2D eigenvalue weighted by Gasteiger charge is -1.87. The van der Waals surface area contributed by atoms with Crippen molar-refractivity contribution in [3.05, 3.63) is 17.5 Å². The quantitative estimate of drug-likeness (QED) is 0.518. The van der Waals surface area contributed by atoms with Crippen molar-refractivity contribution in [3.63, 3.8) is 0 Å². The zero-order valence-electron chi connectivity index (χ0n) is 5.15. The number of hydrogen-bond acceptors (Lipinski definition) is 1. The van der Waals surface area contributed by atoms with Crippen molar-refractivity contribution in [3.8, 4) is 0 Å². The van der Waals surface area contributed by atoms with Crippen molar-refractivity contribution in [2.24, 2.45) is 0 Å². The van der Waals surface area contributed by atoms with Crippen LogP contribution >= 0.6 is 0 Å². The Hall–Kier alpha value is -0.920. The third-order valence-corrected chi connectivity index (χ3v) is 1.33. The largest absolute Gasteiger partial charge is 0.397 e. The van der Waals surface area contributed by atoms with Gasteiger partial charge in [-0.3, -0.25) is 0 Å². The van der Waals surface area contributed by atoms with Crippen LogP contribution in [0.2, 0.25) is 0 Å². The van der Waals surface area contributed by atoms with Crippen LogP contribution in [0, 0.1) is 13.8 Å². The van der Waals surface area contributed by atoms with Gasteiger partial charge >= 0.3 is 0 Å². The molecule has 1 aromatic heterocycles. The van der Waals surface area contributed by atoms with E-state index in [9.17, 15) is 0 Å². The van der Waals surface area contributed by atoms with Gasteiger partial charge in [0.05, 0.1) is 5.69 Å². The van der Waals surface area contributed by atoms with Crippen LogP contribution in [0.3, 0.4) is 0 Å². The Bertz CT molecular complexity index is 169. The number of rotatable bonds is 0. The van der Waals surface area contributed by atoms with Crippen molar-refractivity contribution in [1.29, 1.82) is 0 Å². The molecule has 44 valence electrons. The van der Waals surface area contributed by atoms with E-state index in [1.165, 1.54) is 0 Å². The Kier molecular flexibility index (Phi) is 1.01. The van der Waals surface area contributed by atoms with Gasteiger partial charge in [-0.15, -0.1) is 0 Å². The van der Waals surface area contributed by atoms with Gasteiger partial charge in [0.2, 0.25) is 0 Å². The molecule has 1 heterocycles. The average Bonchev–Trinajstić information content (AvgIpc) is 1.98. The molecule has 0 spiro atoms. The van der Waals surface area contributed by atoms with E-state index in [0.717, 1.165) is 16.9 Å². The van der Waals surface area contributed by atoms with E-state index < -0.39 is 0 Å². The molecule has 0 atom stereocenters. The van der Waals surface area contributed by atoms with Crippen LogP contribution in [0.4, 0.5) is 5.69 Å². The van der Waals surface area contributed by atoms with Crippen molar-refractivity contribution in [2.45, 2.75) is 13.8 Å². The molecule has 0 saturated carbocycles. The van der Waals surface area contributed by atoms with Gasteiger partial charge in [0.1, 0.15) is 0 Å². The Morgan fingerprint density at radius 3 is 2.25 bits per heavy atom. The molecule has 0 bridgehead atoms. The highest BCUT2D eigenvalue weighted by Gasteiger charge is 1.95. The van der Waals surface area contributed by atoms with Gasteiger partial charge in [-0.2, -0.15) is 0 Å². The fraction of sp³-hybridized carbons (Fsp3) is 0.333. The van der Waals surface area contributed by atoms with Gasteiger partial charge < -0.3 is 10.7 Å². The summed E-state index contributed by atoms with van der Waals surface area (Å²) in [5.41, 5.74) is 8.64. The summed E-state index contributed by atoms with van der Waals surface area (Å²) in [6, 6.07) is 0. The van der Waals surface area contributed by atoms with E-state index in [0.29, 0.717) is 0 Å². The highest BCUT2D eigenvalue weighted by Crippen LogP contribution is 2.12. The number of nitrogens with one attached hydrogen (secondary N) is 1. The van der Waals surface area contributed by atoms with E-state index in [-0.39, 0.29) is 0 Å². The maximum atomic E-state index is 5.57. The maximum absolute atomic E-state index is 5.57. The first-order chi connectivity index (χ1) is 3.72. The molecule has 0 aliphatic heterocycles. The van der Waals surface area contributed by atoms with Crippen molar-refractivity contribution >= 4 is 5.69 Å². The number of H-pyrrole nitrogens is 1. The van der Waals surface area contributed by atoms with E-state index in [1.54, 1.807) is 0 Å². The lowest BCUT2D eigenvalue weighted by molar-refractivity contribution is 1.27. The molecule has 3 N–H and O–H groups in total. The standard InChI is InChI=1S/C6H10N2/c1-4-3-8-5(2)6(4)7/h3,8H,7H2,1-2H3. The highest BCUT2D eigenvalue weighted by molar-refractivity contribution is 5.49. The van der Waals surface area contributed by atoms with Gasteiger partial charge in [0, 0.05) is 11.9 Å². The molecule has 0 radical (unpaired) electrons. The fourth-order valence-corrected chi connectivity index (χ4v) is 0.668. The number of aromatic amines is 1. The minimum absolute atomic E-state index is 0.880. The maximum Gasteiger partial charge on any atom is 0.0551 e. The number of hydrogen-bond donors (Lipinski definition) is 2. The molecule has 0 saturated heterocycles. The molecule has 0 unspecified atom stereocenters. The van der Waals surface area contributed by atoms with Crippen LogP contribution < -0.4 is 5.73 Å². The molecule has 0 aromatic carbocycles. The van der Waals surface area contributed by atoms with E-state index in [4.69, 9.17) is 5.73 Å². The number of aryl methyl sites for hydroxylation is 2. The molecular formula is C6H10N2. The monoisotopic (exact) mass is 110 g/mol. The van der Waals surface area contributed by atoms with Crippen LogP contribution in [0.25, 0.3) is 0 Å². The first kappa shape index (κ1) is 5.22. The van der Waals surface area contributed by atoms with Crippen LogP contribution in [-0.4, -0.2) is 4.98 Å². The van der Waals surface area contributed by atoms with Crippen LogP contribution in [0.1, 0.15) is 11.3 Å². The summed E-state index contributed by atoms with van der Waals surface area (Å²) in [6.45, 7) is 3.95. The first-order valence-electron chi connectivity index (χ1n) is 2.62. The Morgan fingerprint density at radius 1 is 1.50 bits per heavy atom. The lowest BCUT2D eigenvalue weighted by Crippen LogP contribution is -1.85. The summed E-state index contributed by atoms with van der Waals surface area (Å²) in [4.78, 5) is 3.01. The molecule has 0 aliphatic rings. The van der Waals surface area contributed by atoms with Gasteiger partial charge in [-0.05, 0) is 19.4 Å². The van der Waals surface area contributed by atoms with Crippen LogP contribution in [-0.2, 0) is 0 Å². The van der Waals surface area contributed by atoms with E-state index in [2.05, 4.69) is 4.98 Å². The number of anilines is 1. The second-order valence-electron chi connectivity index (χ2n) is 2.01. The van der Waals surface area contributed by atoms with Crippen molar-refractivity contribution in [2.75, 3.05) is 5.73 Å². The minimum Gasteiger partial charge on any atom is -0.397 e. The Balaban J connectivity index is 3.19. The summed E-state index contributed by atoms with van der Waals surface area (Å²) in [7, 11) is 0. The molecule has 8 heavy (non-hydrogen) atoms. The molecular weight excluding hydrogens is 100 g/mol. The smallest absolute Gasteiger partial charge is 0.0551 e. The Labute approximate surface area is 48.7 Å². The number of nitrogen functional groups attached to an aromatic ring is 1. The molecule has 0 amide bonds. The molecule has 1 rings (SSSR count). The van der Waals surface area contributed by atoms with Crippen molar-refractivity contribution < 1.29 is 0 Å². The SMILES string of the molecule is Cc1c[nH]c(C)c1N. The second kappa shape index (κ2) is 1.54. The summed E-state index contributed by atoms with van der Waals surface area (Å²) in [6.07, 6.45) is 1.91. The van der Waals surface area contributed by atoms with Gasteiger partial charge in [-0.25, -0.2) is 0 Å². The Morgan fingerprint density at radius 2 is 2.12 bits per heavy atom.